The number of hydrogen-bond donors (Lipinski definition) is 2. The third kappa shape index (κ3) is 4.55. The van der Waals surface area contributed by atoms with Crippen molar-refractivity contribution in [3.05, 3.63) is 41.6 Å². The van der Waals surface area contributed by atoms with E-state index >= 15 is 0 Å². The molecule has 4 nitrogen and oxygen atoms in total. The topological polar surface area (TPSA) is 58.6 Å². The molecule has 17 heavy (non-hydrogen) atoms. The molecule has 0 heterocycles. The van der Waals surface area contributed by atoms with E-state index in [0.29, 0.717) is 6.54 Å². The number of nitrogens with one attached hydrogen (secondary N) is 1. The van der Waals surface area contributed by atoms with Crippen LogP contribution in [0.1, 0.15) is 5.56 Å². The van der Waals surface area contributed by atoms with Gasteiger partial charge in [0.15, 0.2) is 0 Å². The van der Waals surface area contributed by atoms with Gasteiger partial charge in [-0.3, -0.25) is 0 Å². The number of hydrogen-bond acceptors (Lipinski definition) is 3. The minimum Gasteiger partial charge on any atom is -0.497 e. The SMILES string of the molecule is COc1ccc(CN/C(=C/C(=O)O)CF)cc1. The van der Waals surface area contributed by atoms with E-state index in [0.717, 1.165) is 17.4 Å². The van der Waals surface area contributed by atoms with Crippen LogP contribution in [0, 0.1) is 0 Å². The molecule has 0 saturated heterocycles. The number of halogens is 1. The lowest BCUT2D eigenvalue weighted by atomic mass is 10.2. The third-order valence-electron chi connectivity index (χ3n) is 2.12. The number of ether oxygens (including phenoxy) is 1. The lowest BCUT2D eigenvalue weighted by Crippen LogP contribution is -2.15. The summed E-state index contributed by atoms with van der Waals surface area (Å²) in [5.41, 5.74) is 0.962. The van der Waals surface area contributed by atoms with Gasteiger partial charge in [-0.2, -0.15) is 0 Å². The number of carboxylic acid groups (broad SMARTS) is 1. The number of aliphatic carboxylic acids is 1. The lowest BCUT2D eigenvalue weighted by Gasteiger charge is -2.07. The zero-order chi connectivity index (χ0) is 12.7. The highest BCUT2D eigenvalue weighted by atomic mass is 19.1. The Labute approximate surface area is 98.7 Å². The highest BCUT2D eigenvalue weighted by Gasteiger charge is 2.00. The first-order chi connectivity index (χ1) is 8.15. The summed E-state index contributed by atoms with van der Waals surface area (Å²) in [6, 6.07) is 7.21. The van der Waals surface area contributed by atoms with Crippen LogP contribution < -0.4 is 10.1 Å². The number of carbonyl (C=O) groups is 1. The van der Waals surface area contributed by atoms with Crippen molar-refractivity contribution in [2.24, 2.45) is 0 Å². The molecule has 0 radical (unpaired) electrons. The Morgan fingerprint density at radius 3 is 2.59 bits per heavy atom. The van der Waals surface area contributed by atoms with Gasteiger partial charge in [-0.1, -0.05) is 12.1 Å². The Morgan fingerprint density at radius 2 is 2.12 bits per heavy atom. The zero-order valence-corrected chi connectivity index (χ0v) is 9.44. The molecule has 2 N–H and O–H groups in total. The average Bonchev–Trinajstić information content (AvgIpc) is 2.34. The summed E-state index contributed by atoms with van der Waals surface area (Å²) in [5.74, 6) is -0.430. The molecule has 0 aliphatic carbocycles. The van der Waals surface area contributed by atoms with Crippen LogP contribution in [0.4, 0.5) is 4.39 Å². The molecule has 0 aliphatic rings. The number of benzene rings is 1. The maximum absolute atomic E-state index is 12.4. The highest BCUT2D eigenvalue weighted by Crippen LogP contribution is 2.11. The molecule has 0 amide bonds. The van der Waals surface area contributed by atoms with Gasteiger partial charge >= 0.3 is 5.97 Å². The first kappa shape index (κ1) is 13.0. The second-order valence-corrected chi connectivity index (χ2v) is 3.34. The molecule has 0 fully saturated rings. The predicted molar refractivity (Wildman–Crippen MR) is 61.5 cm³/mol. The largest absolute Gasteiger partial charge is 0.497 e. The van der Waals surface area contributed by atoms with Crippen molar-refractivity contribution in [3.8, 4) is 5.75 Å². The van der Waals surface area contributed by atoms with E-state index in [1.54, 1.807) is 19.2 Å². The minimum atomic E-state index is -1.17. The summed E-state index contributed by atoms with van der Waals surface area (Å²) in [6.45, 7) is -0.463. The fourth-order valence-electron chi connectivity index (χ4n) is 1.24. The number of allylic oxidation sites excluding steroid dienone is 1. The fraction of sp³-hybridized carbons (Fsp3) is 0.250. The van der Waals surface area contributed by atoms with Crippen molar-refractivity contribution in [2.45, 2.75) is 6.54 Å². The van der Waals surface area contributed by atoms with Crippen molar-refractivity contribution in [1.29, 1.82) is 0 Å². The van der Waals surface area contributed by atoms with Crippen LogP contribution in [0.15, 0.2) is 36.0 Å². The van der Waals surface area contributed by atoms with Crippen molar-refractivity contribution < 1.29 is 19.0 Å². The fourth-order valence-corrected chi connectivity index (χ4v) is 1.24. The van der Waals surface area contributed by atoms with Gasteiger partial charge in [-0.05, 0) is 17.7 Å². The first-order valence-corrected chi connectivity index (χ1v) is 5.02. The van der Waals surface area contributed by atoms with Crippen LogP contribution >= 0.6 is 0 Å². The second-order valence-electron chi connectivity index (χ2n) is 3.34. The van der Waals surface area contributed by atoms with Crippen LogP contribution in [-0.4, -0.2) is 24.9 Å². The first-order valence-electron chi connectivity index (χ1n) is 5.02. The summed E-state index contributed by atoms with van der Waals surface area (Å²) in [4.78, 5) is 10.4. The van der Waals surface area contributed by atoms with E-state index in [9.17, 15) is 9.18 Å². The van der Waals surface area contributed by atoms with E-state index in [4.69, 9.17) is 9.84 Å². The molecule has 1 aromatic carbocycles. The molecule has 0 unspecified atom stereocenters. The summed E-state index contributed by atoms with van der Waals surface area (Å²) in [7, 11) is 1.57. The summed E-state index contributed by atoms with van der Waals surface area (Å²) < 4.78 is 17.4. The normalized spacial score (nSPS) is 11.1. The molecular formula is C12H14FNO3. The van der Waals surface area contributed by atoms with Crippen LogP contribution in [-0.2, 0) is 11.3 Å². The highest BCUT2D eigenvalue weighted by molar-refractivity contribution is 5.80. The molecule has 0 aliphatic heterocycles. The molecule has 1 rings (SSSR count). The van der Waals surface area contributed by atoms with Gasteiger partial charge in [0.05, 0.1) is 7.11 Å². The Morgan fingerprint density at radius 1 is 1.47 bits per heavy atom. The van der Waals surface area contributed by atoms with Crippen LogP contribution in [0.2, 0.25) is 0 Å². The van der Waals surface area contributed by atoms with Gasteiger partial charge in [0.25, 0.3) is 0 Å². The molecule has 1 aromatic rings. The monoisotopic (exact) mass is 239 g/mol. The number of methoxy groups -OCH3 is 1. The maximum Gasteiger partial charge on any atom is 0.330 e. The summed E-state index contributed by atoms with van der Waals surface area (Å²) >= 11 is 0. The Balaban J connectivity index is 2.56. The van der Waals surface area contributed by atoms with Crippen LogP contribution in [0.25, 0.3) is 0 Å². The molecular weight excluding hydrogens is 225 g/mol. The molecule has 0 spiro atoms. The second kappa shape index (κ2) is 6.52. The van der Waals surface area contributed by atoms with E-state index in [1.165, 1.54) is 0 Å². The zero-order valence-electron chi connectivity index (χ0n) is 9.44. The van der Waals surface area contributed by atoms with Gasteiger partial charge in [-0.15, -0.1) is 0 Å². The smallest absolute Gasteiger partial charge is 0.330 e. The van der Waals surface area contributed by atoms with Gasteiger partial charge in [0.1, 0.15) is 12.4 Å². The average molecular weight is 239 g/mol. The quantitative estimate of drug-likeness (QED) is 0.742. The van der Waals surface area contributed by atoms with E-state index < -0.39 is 12.6 Å². The van der Waals surface area contributed by atoms with Crippen molar-refractivity contribution in [3.63, 3.8) is 0 Å². The lowest BCUT2D eigenvalue weighted by molar-refractivity contribution is -0.131. The number of carboxylic acids is 1. The molecule has 0 aromatic heterocycles. The van der Waals surface area contributed by atoms with Crippen molar-refractivity contribution in [2.75, 3.05) is 13.8 Å². The maximum atomic E-state index is 12.4. The molecule has 0 saturated carbocycles. The molecule has 5 heteroatoms. The molecule has 0 atom stereocenters. The van der Waals surface area contributed by atoms with E-state index in [2.05, 4.69) is 5.32 Å². The van der Waals surface area contributed by atoms with Crippen LogP contribution in [0.3, 0.4) is 0 Å². The van der Waals surface area contributed by atoms with Gasteiger partial charge in [-0.25, -0.2) is 9.18 Å². The number of alkyl halides is 1. The van der Waals surface area contributed by atoms with Crippen molar-refractivity contribution in [1.82, 2.24) is 5.32 Å². The van der Waals surface area contributed by atoms with E-state index in [1.807, 2.05) is 12.1 Å². The van der Waals surface area contributed by atoms with Crippen LogP contribution in [0.5, 0.6) is 5.75 Å². The standard InChI is InChI=1S/C12H14FNO3/c1-17-11-4-2-9(3-5-11)8-14-10(7-13)6-12(15)16/h2-6,14H,7-8H2,1H3,(H,15,16)/b10-6+. The molecule has 92 valence electrons. The Kier molecular flexibility index (Phi) is 5.00. The number of rotatable bonds is 6. The minimum absolute atomic E-state index is 0.0494. The van der Waals surface area contributed by atoms with Crippen molar-refractivity contribution >= 4 is 5.97 Å². The molecule has 0 bridgehead atoms. The third-order valence-corrected chi connectivity index (χ3v) is 2.12. The predicted octanol–water partition coefficient (Wildman–Crippen LogP) is 1.72. The Hall–Kier alpha value is -2.04. The van der Waals surface area contributed by atoms with Gasteiger partial charge in [0, 0.05) is 18.3 Å². The van der Waals surface area contributed by atoms with Gasteiger partial charge in [0.2, 0.25) is 0 Å². The summed E-state index contributed by atoms with van der Waals surface area (Å²) in [5, 5.41) is 11.2. The van der Waals surface area contributed by atoms with Gasteiger partial charge < -0.3 is 15.2 Å². The Bertz CT molecular complexity index is 401. The van der Waals surface area contributed by atoms with E-state index in [-0.39, 0.29) is 5.70 Å². The summed E-state index contributed by atoms with van der Waals surface area (Å²) in [6.07, 6.45) is 0.823.